The molecule has 2 aromatic heterocycles. The van der Waals surface area contributed by atoms with E-state index in [1.54, 1.807) is 13.3 Å². The van der Waals surface area contributed by atoms with Gasteiger partial charge in [-0.15, -0.1) is 0 Å². The SMILES string of the molecule is COc1cc(N(C)C)c(N)cc1Nc1nccc(-c2cn(C)c3ccccc23)n1. The molecule has 7 heteroatoms. The molecule has 4 rings (SSSR count). The number of fused-ring (bicyclic) bond motifs is 1. The predicted molar refractivity (Wildman–Crippen MR) is 119 cm³/mol. The van der Waals surface area contributed by atoms with Gasteiger partial charge in [-0.05, 0) is 18.2 Å². The van der Waals surface area contributed by atoms with E-state index in [4.69, 9.17) is 15.5 Å². The molecule has 0 aliphatic rings. The molecule has 4 aromatic rings. The number of hydrogen-bond acceptors (Lipinski definition) is 6. The van der Waals surface area contributed by atoms with E-state index in [0.29, 0.717) is 23.1 Å². The fourth-order valence-corrected chi connectivity index (χ4v) is 3.47. The highest BCUT2D eigenvalue weighted by Crippen LogP contribution is 2.36. The summed E-state index contributed by atoms with van der Waals surface area (Å²) in [6.07, 6.45) is 3.83. The van der Waals surface area contributed by atoms with Crippen molar-refractivity contribution in [2.45, 2.75) is 0 Å². The Morgan fingerprint density at radius 1 is 1.14 bits per heavy atom. The van der Waals surface area contributed by atoms with Crippen molar-refractivity contribution in [3.8, 4) is 17.0 Å². The van der Waals surface area contributed by atoms with Crippen molar-refractivity contribution in [2.75, 3.05) is 37.2 Å². The van der Waals surface area contributed by atoms with Crippen molar-refractivity contribution in [2.24, 2.45) is 7.05 Å². The summed E-state index contributed by atoms with van der Waals surface area (Å²) in [5.74, 6) is 1.15. The van der Waals surface area contributed by atoms with Crippen molar-refractivity contribution in [3.63, 3.8) is 0 Å². The second-order valence-electron chi connectivity index (χ2n) is 7.07. The number of aryl methyl sites for hydroxylation is 1. The Balaban J connectivity index is 1.73. The van der Waals surface area contributed by atoms with Crippen LogP contribution in [0.15, 0.2) is 54.9 Å². The van der Waals surface area contributed by atoms with Crippen LogP contribution in [0.1, 0.15) is 0 Å². The number of ether oxygens (including phenoxy) is 1. The summed E-state index contributed by atoms with van der Waals surface area (Å²) in [6, 6.07) is 13.9. The summed E-state index contributed by atoms with van der Waals surface area (Å²) in [5, 5.41) is 4.39. The van der Waals surface area contributed by atoms with Gasteiger partial charge in [0.05, 0.1) is 29.9 Å². The molecule has 3 N–H and O–H groups in total. The average molecular weight is 388 g/mol. The lowest BCUT2D eigenvalue weighted by Gasteiger charge is -2.19. The fraction of sp³-hybridized carbons (Fsp3) is 0.182. The lowest BCUT2D eigenvalue weighted by Crippen LogP contribution is -2.12. The van der Waals surface area contributed by atoms with Crippen LogP contribution < -0.4 is 20.7 Å². The van der Waals surface area contributed by atoms with Crippen LogP contribution in [0, 0.1) is 0 Å². The van der Waals surface area contributed by atoms with Crippen LogP contribution in [0.3, 0.4) is 0 Å². The molecule has 148 valence electrons. The van der Waals surface area contributed by atoms with E-state index in [2.05, 4.69) is 33.2 Å². The van der Waals surface area contributed by atoms with E-state index in [-0.39, 0.29) is 0 Å². The zero-order valence-corrected chi connectivity index (χ0v) is 17.0. The second-order valence-corrected chi connectivity index (χ2v) is 7.07. The minimum absolute atomic E-state index is 0.478. The number of aromatic nitrogens is 3. The minimum Gasteiger partial charge on any atom is -0.494 e. The Kier molecular flexibility index (Phi) is 4.72. The van der Waals surface area contributed by atoms with Gasteiger partial charge in [0.25, 0.3) is 0 Å². The molecule has 2 heterocycles. The normalized spacial score (nSPS) is 10.9. The number of nitrogens with zero attached hydrogens (tertiary/aromatic N) is 4. The van der Waals surface area contributed by atoms with E-state index in [1.165, 1.54) is 0 Å². The maximum Gasteiger partial charge on any atom is 0.227 e. The Bertz CT molecular complexity index is 1180. The van der Waals surface area contributed by atoms with Crippen LogP contribution >= 0.6 is 0 Å². The molecule has 2 aromatic carbocycles. The number of nitrogens with two attached hydrogens (primary N) is 1. The molecule has 0 saturated carbocycles. The third-order valence-electron chi connectivity index (χ3n) is 4.91. The highest BCUT2D eigenvalue weighted by Gasteiger charge is 2.13. The summed E-state index contributed by atoms with van der Waals surface area (Å²) in [6.45, 7) is 0. The molecule has 7 nitrogen and oxygen atoms in total. The minimum atomic E-state index is 0.478. The number of para-hydroxylation sites is 1. The van der Waals surface area contributed by atoms with E-state index in [1.807, 2.05) is 56.4 Å². The first-order chi connectivity index (χ1) is 14.0. The lowest BCUT2D eigenvalue weighted by molar-refractivity contribution is 0.417. The Hall–Kier alpha value is -3.74. The van der Waals surface area contributed by atoms with Crippen LogP contribution in [0.25, 0.3) is 22.2 Å². The maximum atomic E-state index is 6.20. The van der Waals surface area contributed by atoms with Gasteiger partial charge in [0, 0.05) is 56.1 Å². The van der Waals surface area contributed by atoms with Gasteiger partial charge in [0.15, 0.2) is 0 Å². The lowest BCUT2D eigenvalue weighted by atomic mass is 10.1. The van der Waals surface area contributed by atoms with Gasteiger partial charge in [-0.1, -0.05) is 18.2 Å². The average Bonchev–Trinajstić information content (AvgIpc) is 3.05. The van der Waals surface area contributed by atoms with Crippen molar-refractivity contribution in [1.29, 1.82) is 0 Å². The monoisotopic (exact) mass is 388 g/mol. The van der Waals surface area contributed by atoms with Gasteiger partial charge in [0.1, 0.15) is 5.75 Å². The van der Waals surface area contributed by atoms with Crippen LogP contribution in [-0.2, 0) is 7.05 Å². The summed E-state index contributed by atoms with van der Waals surface area (Å²) >= 11 is 0. The smallest absolute Gasteiger partial charge is 0.227 e. The number of methoxy groups -OCH3 is 1. The van der Waals surface area contributed by atoms with Gasteiger partial charge in [-0.2, -0.15) is 0 Å². The van der Waals surface area contributed by atoms with Gasteiger partial charge in [-0.25, -0.2) is 9.97 Å². The van der Waals surface area contributed by atoms with E-state index in [9.17, 15) is 0 Å². The molecular formula is C22H24N6O. The third-order valence-corrected chi connectivity index (χ3v) is 4.91. The Morgan fingerprint density at radius 3 is 2.69 bits per heavy atom. The van der Waals surface area contributed by atoms with Crippen LogP contribution in [0.4, 0.5) is 23.0 Å². The number of benzene rings is 2. The third kappa shape index (κ3) is 3.42. The largest absolute Gasteiger partial charge is 0.494 e. The van der Waals surface area contributed by atoms with Crippen molar-refractivity contribution >= 4 is 33.9 Å². The number of anilines is 4. The van der Waals surface area contributed by atoms with Crippen molar-refractivity contribution < 1.29 is 4.74 Å². The van der Waals surface area contributed by atoms with Crippen LogP contribution in [0.5, 0.6) is 5.75 Å². The molecule has 0 saturated heterocycles. The van der Waals surface area contributed by atoms with E-state index >= 15 is 0 Å². The second kappa shape index (κ2) is 7.35. The van der Waals surface area contributed by atoms with Gasteiger partial charge in [-0.3, -0.25) is 0 Å². The van der Waals surface area contributed by atoms with E-state index in [0.717, 1.165) is 27.8 Å². The molecule has 0 fully saturated rings. The zero-order chi connectivity index (χ0) is 20.5. The molecule has 29 heavy (non-hydrogen) atoms. The fourth-order valence-electron chi connectivity index (χ4n) is 3.47. The molecule has 0 atom stereocenters. The highest BCUT2D eigenvalue weighted by atomic mass is 16.5. The van der Waals surface area contributed by atoms with Crippen LogP contribution in [-0.4, -0.2) is 35.7 Å². The summed E-state index contributed by atoms with van der Waals surface area (Å²) in [4.78, 5) is 11.0. The molecule has 0 aliphatic carbocycles. The van der Waals surface area contributed by atoms with Crippen LogP contribution in [0.2, 0.25) is 0 Å². The topological polar surface area (TPSA) is 81.2 Å². The molecule has 0 bridgehead atoms. The summed E-state index contributed by atoms with van der Waals surface area (Å²) < 4.78 is 7.64. The first kappa shape index (κ1) is 18.6. The zero-order valence-electron chi connectivity index (χ0n) is 17.0. The van der Waals surface area contributed by atoms with Gasteiger partial charge in [0.2, 0.25) is 5.95 Å². The maximum absolute atomic E-state index is 6.20. The summed E-state index contributed by atoms with van der Waals surface area (Å²) in [7, 11) is 7.54. The number of nitrogens with one attached hydrogen (secondary N) is 1. The van der Waals surface area contributed by atoms with Crippen molar-refractivity contribution in [3.05, 3.63) is 54.9 Å². The number of hydrogen-bond donors (Lipinski definition) is 2. The van der Waals surface area contributed by atoms with Gasteiger partial charge >= 0.3 is 0 Å². The predicted octanol–water partition coefficient (Wildman–Crippen LogP) is 4.04. The Labute approximate surface area is 169 Å². The standard InChI is InChI=1S/C22H24N6O/c1-27(2)20-12-21(29-4)18(11-16(20)23)26-22-24-10-9-17(25-22)15-13-28(3)19-8-6-5-7-14(15)19/h5-13H,23H2,1-4H3,(H,24,25,26). The molecule has 0 unspecified atom stereocenters. The van der Waals surface area contributed by atoms with Crippen molar-refractivity contribution in [1.82, 2.24) is 14.5 Å². The highest BCUT2D eigenvalue weighted by molar-refractivity contribution is 5.95. The molecule has 0 spiro atoms. The summed E-state index contributed by atoms with van der Waals surface area (Å²) in [5.41, 5.74) is 11.5. The number of nitrogen functional groups attached to an aromatic ring is 1. The molecular weight excluding hydrogens is 364 g/mol. The number of rotatable bonds is 5. The first-order valence-corrected chi connectivity index (χ1v) is 9.27. The quantitative estimate of drug-likeness (QED) is 0.502. The molecule has 0 amide bonds. The van der Waals surface area contributed by atoms with E-state index < -0.39 is 0 Å². The molecule has 0 aliphatic heterocycles. The first-order valence-electron chi connectivity index (χ1n) is 9.27. The Morgan fingerprint density at radius 2 is 1.93 bits per heavy atom. The van der Waals surface area contributed by atoms with Gasteiger partial charge < -0.3 is 25.3 Å². The molecule has 0 radical (unpaired) electrons.